The van der Waals surface area contributed by atoms with E-state index in [9.17, 15) is 24.0 Å². The molecule has 5 rings (SSSR count). The summed E-state index contributed by atoms with van der Waals surface area (Å²) >= 11 is 2.24. The fraction of sp³-hybridized carbons (Fsp3) is 0.595. The maximum atomic E-state index is 14.6. The minimum atomic E-state index is -1.21. The largest absolute Gasteiger partial charge is 0.444 e. The molecule has 4 aliphatic rings. The summed E-state index contributed by atoms with van der Waals surface area (Å²) in [6.45, 7) is 15.0. The number of nitrogens with zero attached hydrogens (tertiary/aromatic N) is 2. The van der Waals surface area contributed by atoms with Crippen molar-refractivity contribution in [3.05, 3.63) is 53.6 Å². The number of fused-ring (bicyclic) bond motifs is 3. The van der Waals surface area contributed by atoms with Gasteiger partial charge in [-0.15, -0.1) is 6.58 Å². The molecule has 5 amide bonds. The smallest absolute Gasteiger partial charge is 0.410 e. The van der Waals surface area contributed by atoms with Gasteiger partial charge in [0, 0.05) is 23.3 Å². The fourth-order valence-electron chi connectivity index (χ4n) is 6.75. The Bertz CT molecular complexity index is 1580. The lowest BCUT2D eigenvalue weighted by atomic mass is 9.85. The standard InChI is InChI=1S/C37H50IN5O8/c1-8-24-16-37(24,21-38)41-31(45)28-15-25-18-43(28)32(46)29(35(2,3)4)40-30(44)27(39-33(47)51-36(5,6)7)20-49-14-10-13-22-11-9-12-23-17-42(19-26(22)23)34(48)50-25/h8-13,24-25,27-29H,1,14-21H2,2-7H3,(H,39,47)(H,40,44)(H,41,45)/b13-10+/t24-,25-,27+,28+,29-,37+/m1/s1. The third-order valence-electron chi connectivity index (χ3n) is 9.63. The minimum absolute atomic E-state index is 0.0370. The monoisotopic (exact) mass is 819 g/mol. The van der Waals surface area contributed by atoms with Crippen LogP contribution in [0.4, 0.5) is 9.59 Å². The van der Waals surface area contributed by atoms with E-state index in [0.717, 1.165) is 23.1 Å². The highest BCUT2D eigenvalue weighted by atomic mass is 127. The van der Waals surface area contributed by atoms with Crippen LogP contribution in [0.2, 0.25) is 0 Å². The summed E-state index contributed by atoms with van der Waals surface area (Å²) in [4.78, 5) is 71.9. The van der Waals surface area contributed by atoms with Crippen LogP contribution in [0.3, 0.4) is 0 Å². The highest BCUT2D eigenvalue weighted by Gasteiger charge is 2.55. The number of ether oxygens (including phenoxy) is 3. The van der Waals surface area contributed by atoms with E-state index in [-0.39, 0.29) is 38.0 Å². The summed E-state index contributed by atoms with van der Waals surface area (Å²) in [6, 6.07) is 2.55. The average Bonchev–Trinajstić information content (AvgIpc) is 3.33. The van der Waals surface area contributed by atoms with Crippen LogP contribution in [-0.2, 0) is 41.7 Å². The van der Waals surface area contributed by atoms with Crippen LogP contribution in [0.1, 0.15) is 71.1 Å². The van der Waals surface area contributed by atoms with Gasteiger partial charge in [0.2, 0.25) is 17.7 Å². The summed E-state index contributed by atoms with van der Waals surface area (Å²) in [7, 11) is 0. The second-order valence-electron chi connectivity index (χ2n) is 15.9. The topological polar surface area (TPSA) is 156 Å². The number of nitrogens with one attached hydrogen (secondary N) is 3. The number of halogens is 1. The Morgan fingerprint density at radius 1 is 1.16 bits per heavy atom. The Hall–Kier alpha value is -3.66. The molecule has 2 fully saturated rings. The van der Waals surface area contributed by atoms with E-state index in [1.165, 1.54) is 4.90 Å². The number of hydrogen-bond donors (Lipinski definition) is 3. The van der Waals surface area contributed by atoms with Crippen molar-refractivity contribution < 1.29 is 38.2 Å². The van der Waals surface area contributed by atoms with Crippen molar-refractivity contribution in [3.8, 4) is 0 Å². The summed E-state index contributed by atoms with van der Waals surface area (Å²) in [5.74, 6) is -1.41. The van der Waals surface area contributed by atoms with E-state index in [1.54, 1.807) is 52.5 Å². The van der Waals surface area contributed by atoms with Crippen LogP contribution in [0.15, 0.2) is 36.9 Å². The minimum Gasteiger partial charge on any atom is -0.444 e. The lowest BCUT2D eigenvalue weighted by Gasteiger charge is -2.36. The zero-order valence-electron chi connectivity index (χ0n) is 30.3. The maximum Gasteiger partial charge on any atom is 0.410 e. The van der Waals surface area contributed by atoms with Crippen molar-refractivity contribution in [1.82, 2.24) is 25.8 Å². The van der Waals surface area contributed by atoms with Gasteiger partial charge in [0.25, 0.3) is 0 Å². The van der Waals surface area contributed by atoms with Crippen LogP contribution in [0.5, 0.6) is 0 Å². The number of hydrogen-bond acceptors (Lipinski definition) is 8. The molecule has 278 valence electrons. The fourth-order valence-corrected chi connectivity index (χ4v) is 7.81. The molecule has 3 aliphatic heterocycles. The Balaban J connectivity index is 1.48. The molecule has 1 saturated carbocycles. The number of alkyl halides is 1. The molecule has 0 spiro atoms. The van der Waals surface area contributed by atoms with Gasteiger partial charge in [0.1, 0.15) is 29.8 Å². The number of carbonyl (C=O) groups excluding carboxylic acids is 5. The molecule has 13 nitrogen and oxygen atoms in total. The summed E-state index contributed by atoms with van der Waals surface area (Å²) in [5, 5.41) is 8.61. The van der Waals surface area contributed by atoms with Crippen LogP contribution in [0, 0.1) is 11.3 Å². The molecule has 51 heavy (non-hydrogen) atoms. The van der Waals surface area contributed by atoms with Gasteiger partial charge in [-0.2, -0.15) is 0 Å². The molecule has 14 heteroatoms. The third-order valence-corrected chi connectivity index (χ3v) is 11.0. The molecule has 1 saturated heterocycles. The zero-order valence-corrected chi connectivity index (χ0v) is 32.4. The molecule has 0 aromatic heterocycles. The van der Waals surface area contributed by atoms with Gasteiger partial charge < -0.3 is 35.1 Å². The normalized spacial score (nSPS) is 29.2. The van der Waals surface area contributed by atoms with Gasteiger partial charge >= 0.3 is 12.2 Å². The van der Waals surface area contributed by atoms with Crippen molar-refractivity contribution in [2.24, 2.45) is 11.3 Å². The van der Waals surface area contributed by atoms with E-state index in [2.05, 4.69) is 45.1 Å². The molecule has 4 bridgehead atoms. The number of alkyl carbamates (subject to hydrolysis) is 1. The predicted molar refractivity (Wildman–Crippen MR) is 199 cm³/mol. The van der Waals surface area contributed by atoms with Crippen LogP contribution in [-0.4, -0.2) is 99.3 Å². The van der Waals surface area contributed by atoms with Gasteiger partial charge in [-0.1, -0.05) is 79.8 Å². The van der Waals surface area contributed by atoms with Crippen molar-refractivity contribution in [3.63, 3.8) is 0 Å². The Morgan fingerprint density at radius 2 is 1.90 bits per heavy atom. The zero-order chi connectivity index (χ0) is 37.3. The van der Waals surface area contributed by atoms with Gasteiger partial charge in [0.15, 0.2) is 0 Å². The number of benzene rings is 1. The second-order valence-corrected chi connectivity index (χ2v) is 16.6. The van der Waals surface area contributed by atoms with Gasteiger partial charge in [0.05, 0.1) is 31.8 Å². The van der Waals surface area contributed by atoms with E-state index in [4.69, 9.17) is 14.2 Å². The first-order chi connectivity index (χ1) is 23.9. The summed E-state index contributed by atoms with van der Waals surface area (Å²) in [5.41, 5.74) is 0.774. The average molecular weight is 820 g/mol. The van der Waals surface area contributed by atoms with Crippen molar-refractivity contribution >= 4 is 58.6 Å². The van der Waals surface area contributed by atoms with Crippen LogP contribution >= 0.6 is 22.6 Å². The molecule has 1 aromatic rings. The highest BCUT2D eigenvalue weighted by Crippen LogP contribution is 2.46. The number of rotatable bonds is 5. The van der Waals surface area contributed by atoms with Crippen LogP contribution in [0.25, 0.3) is 6.08 Å². The van der Waals surface area contributed by atoms with E-state index >= 15 is 0 Å². The third kappa shape index (κ3) is 9.05. The first kappa shape index (κ1) is 38.6. The Morgan fingerprint density at radius 3 is 2.55 bits per heavy atom. The SMILES string of the molecule is C=C[C@@H]1C[C@@]1(CI)NC(=O)[C@@H]1C[C@@H]2CN1C(=O)[C@H](C(C)(C)C)NC(=O)[C@@H](NC(=O)OC(C)(C)C)COC/C=C/c1cccc3c1CN(C3)C(=O)O2. The first-order valence-electron chi connectivity index (χ1n) is 17.4. The maximum absolute atomic E-state index is 14.6. The molecule has 0 radical (unpaired) electrons. The van der Waals surface area contributed by atoms with Crippen molar-refractivity contribution in [2.45, 2.75) is 103 Å². The van der Waals surface area contributed by atoms with Crippen molar-refractivity contribution in [2.75, 3.05) is 24.2 Å². The Kier molecular flexibility index (Phi) is 11.4. The lowest BCUT2D eigenvalue weighted by molar-refractivity contribution is -0.144. The van der Waals surface area contributed by atoms with Crippen LogP contribution < -0.4 is 16.0 Å². The lowest BCUT2D eigenvalue weighted by Crippen LogP contribution is -2.61. The second kappa shape index (κ2) is 15.1. The number of amides is 5. The van der Waals surface area contributed by atoms with Crippen molar-refractivity contribution in [1.29, 1.82) is 0 Å². The number of carbonyl (C=O) groups is 5. The summed E-state index contributed by atoms with van der Waals surface area (Å²) < 4.78 is 17.9. The van der Waals surface area contributed by atoms with Gasteiger partial charge in [-0.05, 0) is 49.3 Å². The molecule has 3 heterocycles. The van der Waals surface area contributed by atoms with E-state index in [0.29, 0.717) is 17.5 Å². The molecular formula is C37H50IN5O8. The Labute approximate surface area is 313 Å². The molecule has 1 aromatic carbocycles. The molecule has 1 aliphatic carbocycles. The highest BCUT2D eigenvalue weighted by molar-refractivity contribution is 14.1. The molecule has 3 N–H and O–H groups in total. The van der Waals surface area contributed by atoms with Gasteiger partial charge in [-0.3, -0.25) is 19.3 Å². The molecule has 0 unspecified atom stereocenters. The first-order valence-corrected chi connectivity index (χ1v) is 18.9. The van der Waals surface area contributed by atoms with E-state index in [1.807, 2.05) is 30.4 Å². The molecular weight excluding hydrogens is 769 g/mol. The van der Waals surface area contributed by atoms with Gasteiger partial charge in [-0.25, -0.2) is 9.59 Å². The summed E-state index contributed by atoms with van der Waals surface area (Å²) in [6.07, 6.45) is 4.24. The molecule has 6 atom stereocenters. The van der Waals surface area contributed by atoms with E-state index < -0.39 is 64.8 Å². The quantitative estimate of drug-likeness (QED) is 0.228. The predicted octanol–water partition coefficient (Wildman–Crippen LogP) is 4.07.